The minimum atomic E-state index is -1.04. The first kappa shape index (κ1) is 24.3. The normalized spacial score (nSPS) is 15.5. The molecule has 1 atom stereocenters. The summed E-state index contributed by atoms with van der Waals surface area (Å²) in [6.07, 6.45) is 3.59. The molecule has 1 aromatic rings. The van der Waals surface area contributed by atoms with Crippen LogP contribution in [0.3, 0.4) is 0 Å². The van der Waals surface area contributed by atoms with Crippen molar-refractivity contribution < 1.29 is 33.3 Å². The summed E-state index contributed by atoms with van der Waals surface area (Å²) in [4.78, 5) is 36.1. The van der Waals surface area contributed by atoms with Gasteiger partial charge in [-0.05, 0) is 43.9 Å². The van der Waals surface area contributed by atoms with Crippen LogP contribution in [0, 0.1) is 11.8 Å². The second kappa shape index (κ2) is 12.0. The van der Waals surface area contributed by atoms with Crippen molar-refractivity contribution in [2.24, 2.45) is 11.8 Å². The molecule has 0 spiro atoms. The lowest BCUT2D eigenvalue weighted by Crippen LogP contribution is -2.29. The zero-order chi connectivity index (χ0) is 22.8. The molecular weight excluding hydrogens is 426 g/mol. The second-order valence-corrected chi connectivity index (χ2v) is 7.15. The number of para-hydroxylation sites is 1. The van der Waals surface area contributed by atoms with Gasteiger partial charge in [-0.1, -0.05) is 29.8 Å². The van der Waals surface area contributed by atoms with E-state index in [-0.39, 0.29) is 18.9 Å². The maximum atomic E-state index is 12.2. The lowest BCUT2D eigenvalue weighted by Gasteiger charge is -2.24. The van der Waals surface area contributed by atoms with Crippen molar-refractivity contribution in [2.45, 2.75) is 19.8 Å². The summed E-state index contributed by atoms with van der Waals surface area (Å²) in [5.41, 5.74) is 1.17. The van der Waals surface area contributed by atoms with Gasteiger partial charge in [0.25, 0.3) is 0 Å². The Bertz CT molecular complexity index is 849. The van der Waals surface area contributed by atoms with Gasteiger partial charge in [0.15, 0.2) is 5.92 Å². The quantitative estimate of drug-likeness (QED) is 0.342. The number of hydrogen-bond acceptors (Lipinski definition) is 7. The van der Waals surface area contributed by atoms with Crippen LogP contribution in [-0.2, 0) is 28.5 Å². The molecule has 1 unspecified atom stereocenters. The number of anilines is 1. The molecule has 0 aromatic heterocycles. The van der Waals surface area contributed by atoms with Crippen molar-refractivity contribution in [1.29, 1.82) is 0 Å². The van der Waals surface area contributed by atoms with Gasteiger partial charge in [-0.2, -0.15) is 0 Å². The van der Waals surface area contributed by atoms with Crippen molar-refractivity contribution >= 4 is 35.3 Å². The highest BCUT2D eigenvalue weighted by Gasteiger charge is 2.32. The Morgan fingerprint density at radius 1 is 1.16 bits per heavy atom. The smallest absolute Gasteiger partial charge is 0.411 e. The SMILES string of the molecule is CCOC1=C(COC(=O)Nc2ccccc2Cl)CC(CC(C(=O)OC)C(=O)OC)C=C1. The predicted octanol–water partition coefficient (Wildman–Crippen LogP) is 4.11. The van der Waals surface area contributed by atoms with Crippen molar-refractivity contribution in [3.05, 3.63) is 52.8 Å². The fraction of sp³-hybridized carbons (Fsp3) is 0.409. The molecule has 2 rings (SSSR count). The minimum Gasteiger partial charge on any atom is -0.494 e. The number of ether oxygens (including phenoxy) is 4. The van der Waals surface area contributed by atoms with E-state index in [1.54, 1.807) is 30.3 Å². The number of carbonyl (C=O) groups excluding carboxylic acids is 3. The molecule has 1 aliphatic carbocycles. The van der Waals surface area contributed by atoms with E-state index >= 15 is 0 Å². The van der Waals surface area contributed by atoms with Gasteiger partial charge >= 0.3 is 18.0 Å². The average molecular weight is 452 g/mol. The standard InChI is InChI=1S/C22H26ClNO7/c1-4-30-19-10-9-14(12-16(20(25)28-2)21(26)29-3)11-15(19)13-31-22(27)24-18-8-6-5-7-17(18)23/h5-10,14,16H,4,11-13H2,1-3H3,(H,24,27). The third kappa shape index (κ3) is 7.03. The largest absolute Gasteiger partial charge is 0.494 e. The van der Waals surface area contributed by atoms with E-state index in [1.165, 1.54) is 14.2 Å². The molecule has 1 amide bonds. The number of carbonyl (C=O) groups is 3. The molecule has 9 heteroatoms. The zero-order valence-corrected chi connectivity index (χ0v) is 18.4. The maximum absolute atomic E-state index is 12.2. The van der Waals surface area contributed by atoms with Gasteiger partial charge in [0.1, 0.15) is 12.4 Å². The van der Waals surface area contributed by atoms with Crippen LogP contribution in [-0.4, -0.2) is 45.5 Å². The third-order valence-electron chi connectivity index (χ3n) is 4.67. The summed E-state index contributed by atoms with van der Waals surface area (Å²) < 4.78 is 20.4. The molecular formula is C22H26ClNO7. The second-order valence-electron chi connectivity index (χ2n) is 6.74. The van der Waals surface area contributed by atoms with Gasteiger partial charge in [-0.25, -0.2) is 4.79 Å². The number of esters is 2. The molecule has 0 bridgehead atoms. The predicted molar refractivity (Wildman–Crippen MR) is 114 cm³/mol. The van der Waals surface area contributed by atoms with Gasteiger partial charge in [0.2, 0.25) is 0 Å². The first-order valence-electron chi connectivity index (χ1n) is 9.76. The van der Waals surface area contributed by atoms with Gasteiger partial charge in [0, 0.05) is 5.57 Å². The Labute approximate surface area is 186 Å². The summed E-state index contributed by atoms with van der Waals surface area (Å²) in [5.74, 6) is -1.92. The van der Waals surface area contributed by atoms with Crippen molar-refractivity contribution in [3.63, 3.8) is 0 Å². The number of halogens is 1. The Kier molecular flexibility index (Phi) is 9.40. The lowest BCUT2D eigenvalue weighted by atomic mass is 9.86. The molecule has 31 heavy (non-hydrogen) atoms. The number of methoxy groups -OCH3 is 2. The van der Waals surface area contributed by atoms with E-state index < -0.39 is 23.9 Å². The van der Waals surface area contributed by atoms with E-state index in [0.717, 1.165) is 5.57 Å². The number of allylic oxidation sites excluding steroid dienone is 2. The first-order valence-corrected chi connectivity index (χ1v) is 10.1. The molecule has 1 N–H and O–H groups in total. The van der Waals surface area contributed by atoms with Gasteiger partial charge < -0.3 is 18.9 Å². The van der Waals surface area contributed by atoms with Crippen LogP contribution in [0.25, 0.3) is 0 Å². The molecule has 1 aliphatic rings. The molecule has 0 saturated carbocycles. The molecule has 0 heterocycles. The molecule has 0 radical (unpaired) electrons. The van der Waals surface area contributed by atoms with E-state index in [4.69, 9.17) is 30.5 Å². The summed E-state index contributed by atoms with van der Waals surface area (Å²) in [7, 11) is 2.44. The van der Waals surface area contributed by atoms with E-state index in [2.05, 4.69) is 5.32 Å². The number of rotatable bonds is 9. The molecule has 0 fully saturated rings. The maximum Gasteiger partial charge on any atom is 0.411 e. The molecule has 8 nitrogen and oxygen atoms in total. The summed E-state index contributed by atoms with van der Waals surface area (Å²) in [5, 5.41) is 2.98. The highest BCUT2D eigenvalue weighted by Crippen LogP contribution is 2.30. The van der Waals surface area contributed by atoms with Crippen molar-refractivity contribution in [3.8, 4) is 0 Å². The average Bonchev–Trinajstić information content (AvgIpc) is 2.78. The summed E-state index contributed by atoms with van der Waals surface area (Å²) >= 11 is 6.04. The van der Waals surface area contributed by atoms with E-state index in [9.17, 15) is 14.4 Å². The molecule has 0 aliphatic heterocycles. The van der Waals surface area contributed by atoms with E-state index in [1.807, 2.05) is 13.0 Å². The van der Waals surface area contributed by atoms with Crippen molar-refractivity contribution in [1.82, 2.24) is 0 Å². The Morgan fingerprint density at radius 2 is 1.84 bits per heavy atom. The fourth-order valence-corrected chi connectivity index (χ4v) is 3.34. The topological polar surface area (TPSA) is 100 Å². The Balaban J connectivity index is 2.04. The first-order chi connectivity index (χ1) is 14.9. The number of benzene rings is 1. The third-order valence-corrected chi connectivity index (χ3v) is 5.00. The highest BCUT2D eigenvalue weighted by atomic mass is 35.5. The van der Waals surface area contributed by atoms with Crippen molar-refractivity contribution in [2.75, 3.05) is 32.8 Å². The van der Waals surface area contributed by atoms with Crippen LogP contribution in [0.4, 0.5) is 10.5 Å². The monoisotopic (exact) mass is 451 g/mol. The number of nitrogens with one attached hydrogen (secondary N) is 1. The van der Waals surface area contributed by atoms with Crippen LogP contribution in [0.2, 0.25) is 5.02 Å². The minimum absolute atomic E-state index is 0.0203. The van der Waals surface area contributed by atoms with Crippen LogP contribution in [0.15, 0.2) is 47.7 Å². The number of hydrogen-bond donors (Lipinski definition) is 1. The number of amides is 1. The Hall–Kier alpha value is -3.00. The zero-order valence-electron chi connectivity index (χ0n) is 17.7. The highest BCUT2D eigenvalue weighted by molar-refractivity contribution is 6.33. The summed E-state index contributed by atoms with van der Waals surface area (Å²) in [6, 6.07) is 6.81. The Morgan fingerprint density at radius 3 is 2.45 bits per heavy atom. The van der Waals surface area contributed by atoms with Crippen LogP contribution >= 0.6 is 11.6 Å². The van der Waals surface area contributed by atoms with Crippen LogP contribution in [0.5, 0.6) is 0 Å². The van der Waals surface area contributed by atoms with Crippen LogP contribution in [0.1, 0.15) is 19.8 Å². The van der Waals surface area contributed by atoms with Gasteiger partial charge in [-0.3, -0.25) is 14.9 Å². The lowest BCUT2D eigenvalue weighted by molar-refractivity contribution is -0.159. The molecule has 0 saturated heterocycles. The van der Waals surface area contributed by atoms with Gasteiger partial charge in [-0.15, -0.1) is 0 Å². The molecule has 168 valence electrons. The summed E-state index contributed by atoms with van der Waals surface area (Å²) in [6.45, 7) is 2.26. The molecule has 1 aromatic carbocycles. The fourth-order valence-electron chi connectivity index (χ4n) is 3.16. The van der Waals surface area contributed by atoms with E-state index in [0.29, 0.717) is 29.5 Å². The van der Waals surface area contributed by atoms with Gasteiger partial charge in [0.05, 0.1) is 31.5 Å². The van der Waals surface area contributed by atoms with Crippen LogP contribution < -0.4 is 5.32 Å².